The van der Waals surface area contributed by atoms with Crippen LogP contribution in [0.15, 0.2) is 18.2 Å². The number of benzene rings is 1. The summed E-state index contributed by atoms with van der Waals surface area (Å²) in [6, 6.07) is 5.99. The number of hydrogen-bond acceptors (Lipinski definition) is 3. The van der Waals surface area contributed by atoms with E-state index in [0.29, 0.717) is 0 Å². The van der Waals surface area contributed by atoms with Crippen LogP contribution >= 0.6 is 0 Å². The molecule has 22 heavy (non-hydrogen) atoms. The van der Waals surface area contributed by atoms with E-state index >= 15 is 0 Å². The van der Waals surface area contributed by atoms with Crippen LogP contribution in [0.25, 0.3) is 0 Å². The molecule has 1 heterocycles. The zero-order chi connectivity index (χ0) is 15.9. The Morgan fingerprint density at radius 3 is 2.55 bits per heavy atom. The molecule has 2 aliphatic rings. The highest BCUT2D eigenvalue weighted by molar-refractivity contribution is 7.87. The maximum Gasteiger partial charge on any atom is 0.307 e. The predicted octanol–water partition coefficient (Wildman–Crippen LogP) is 2.53. The smallest absolute Gasteiger partial charge is 0.307 e. The third-order valence-corrected chi connectivity index (χ3v) is 5.96. The number of likely N-dealkylation sites (tertiary alicyclic amines) is 1. The Labute approximate surface area is 130 Å². The average molecular weight is 325 g/mol. The van der Waals surface area contributed by atoms with Gasteiger partial charge in [0.2, 0.25) is 5.91 Å². The molecular weight excluding hydrogens is 305 g/mol. The topological polar surface area (TPSA) is 54.5 Å². The molecule has 1 fully saturated rings. The summed E-state index contributed by atoms with van der Waals surface area (Å²) in [6.07, 6.45) is 4.27. The summed E-state index contributed by atoms with van der Waals surface area (Å²) < 4.78 is 35.2. The molecule has 0 N–H and O–H groups in total. The van der Waals surface area contributed by atoms with Gasteiger partial charge in [0.1, 0.15) is 5.25 Å². The largest absolute Gasteiger partial charge is 0.334 e. The Morgan fingerprint density at radius 1 is 1.23 bits per heavy atom. The highest BCUT2D eigenvalue weighted by atomic mass is 32.3. The van der Waals surface area contributed by atoms with E-state index in [4.69, 9.17) is 0 Å². The summed E-state index contributed by atoms with van der Waals surface area (Å²) in [5.41, 5.74) is 3.67. The fourth-order valence-electron chi connectivity index (χ4n) is 3.45. The molecule has 1 aliphatic carbocycles. The van der Waals surface area contributed by atoms with Gasteiger partial charge in [-0.1, -0.05) is 18.2 Å². The van der Waals surface area contributed by atoms with Gasteiger partial charge >= 0.3 is 10.2 Å². The van der Waals surface area contributed by atoms with E-state index in [2.05, 4.69) is 12.1 Å². The van der Waals surface area contributed by atoms with Crippen LogP contribution < -0.4 is 0 Å². The van der Waals surface area contributed by atoms with Crippen molar-refractivity contribution >= 4 is 16.1 Å². The van der Waals surface area contributed by atoms with E-state index in [-0.39, 0.29) is 24.9 Å². The first-order chi connectivity index (χ1) is 10.4. The second kappa shape index (κ2) is 5.65. The number of amides is 1. The molecule has 0 aromatic heterocycles. The van der Waals surface area contributed by atoms with Gasteiger partial charge in [-0.2, -0.15) is 8.42 Å². The molecule has 1 aromatic rings. The minimum atomic E-state index is -4.66. The monoisotopic (exact) mass is 325 g/mol. The van der Waals surface area contributed by atoms with Crippen molar-refractivity contribution in [3.05, 3.63) is 34.9 Å². The molecule has 6 heteroatoms. The fraction of sp³-hybridized carbons (Fsp3) is 0.562. The van der Waals surface area contributed by atoms with Crippen LogP contribution in [0, 0.1) is 0 Å². The lowest BCUT2D eigenvalue weighted by atomic mass is 9.89. The van der Waals surface area contributed by atoms with Gasteiger partial charge in [-0.05, 0) is 49.3 Å². The number of halogens is 1. The normalized spacial score (nSPS) is 23.5. The summed E-state index contributed by atoms with van der Waals surface area (Å²) in [5.74, 6) is -0.295. The molecule has 1 saturated heterocycles. The lowest BCUT2D eigenvalue weighted by molar-refractivity contribution is -0.129. The van der Waals surface area contributed by atoms with E-state index in [0.717, 1.165) is 18.4 Å². The fourth-order valence-corrected chi connectivity index (χ4v) is 4.13. The first-order valence-electron chi connectivity index (χ1n) is 7.71. The van der Waals surface area contributed by atoms with Gasteiger partial charge in [-0.3, -0.25) is 4.79 Å². The van der Waals surface area contributed by atoms with Crippen LogP contribution in [-0.4, -0.2) is 31.0 Å². The molecule has 120 valence electrons. The summed E-state index contributed by atoms with van der Waals surface area (Å²) in [7, 11) is -4.66. The summed E-state index contributed by atoms with van der Waals surface area (Å²) in [6.45, 7) is 1.81. The first kappa shape index (κ1) is 15.5. The molecule has 0 saturated carbocycles. The Morgan fingerprint density at radius 2 is 1.91 bits per heavy atom. The van der Waals surface area contributed by atoms with Gasteiger partial charge in [0.05, 0.1) is 6.04 Å². The second-order valence-corrected chi connectivity index (χ2v) is 7.88. The summed E-state index contributed by atoms with van der Waals surface area (Å²) in [4.78, 5) is 13.5. The van der Waals surface area contributed by atoms with E-state index < -0.39 is 15.5 Å². The Hall–Kier alpha value is -1.43. The van der Waals surface area contributed by atoms with Crippen LogP contribution in [-0.2, 0) is 27.9 Å². The quantitative estimate of drug-likeness (QED) is 0.803. The number of hydrogen-bond donors (Lipinski definition) is 0. The second-order valence-electron chi connectivity index (χ2n) is 6.26. The highest BCUT2D eigenvalue weighted by Gasteiger charge is 2.40. The number of carbonyl (C=O) groups is 1. The third kappa shape index (κ3) is 2.89. The number of aryl methyl sites for hydroxylation is 2. The van der Waals surface area contributed by atoms with Crippen LogP contribution in [0.5, 0.6) is 0 Å². The zero-order valence-electron chi connectivity index (χ0n) is 12.6. The van der Waals surface area contributed by atoms with Crippen LogP contribution in [0.3, 0.4) is 0 Å². The van der Waals surface area contributed by atoms with Crippen molar-refractivity contribution in [2.75, 3.05) is 6.54 Å². The standard InChI is InChI=1S/C16H20FNO3S/c1-11(18-10-15(9-16(18)19)22(17,20)21)13-7-6-12-4-2-3-5-14(12)8-13/h6-8,11,15H,2-5,9-10H2,1H3. The Bertz CT molecular complexity index is 701. The molecule has 0 spiro atoms. The Kier molecular flexibility index (Phi) is 3.97. The van der Waals surface area contributed by atoms with Crippen LogP contribution in [0.4, 0.5) is 3.89 Å². The maximum absolute atomic E-state index is 13.1. The zero-order valence-corrected chi connectivity index (χ0v) is 13.4. The minimum Gasteiger partial charge on any atom is -0.334 e. The molecule has 4 nitrogen and oxygen atoms in total. The van der Waals surface area contributed by atoms with Crippen molar-refractivity contribution in [1.82, 2.24) is 4.90 Å². The van der Waals surface area contributed by atoms with Crippen molar-refractivity contribution in [3.63, 3.8) is 0 Å². The molecule has 2 atom stereocenters. The van der Waals surface area contributed by atoms with E-state index in [1.54, 1.807) is 0 Å². The van der Waals surface area contributed by atoms with Gasteiger partial charge in [-0.15, -0.1) is 3.89 Å². The third-order valence-electron chi connectivity index (χ3n) is 4.84. The van der Waals surface area contributed by atoms with E-state index in [1.807, 2.05) is 13.0 Å². The van der Waals surface area contributed by atoms with Crippen molar-refractivity contribution in [2.24, 2.45) is 0 Å². The molecule has 1 amide bonds. The van der Waals surface area contributed by atoms with Gasteiger partial charge in [0.15, 0.2) is 0 Å². The minimum absolute atomic E-state index is 0.0596. The molecular formula is C16H20FNO3S. The number of rotatable bonds is 3. The van der Waals surface area contributed by atoms with Crippen molar-refractivity contribution < 1.29 is 17.1 Å². The summed E-state index contributed by atoms with van der Waals surface area (Å²) in [5, 5.41) is -1.22. The molecule has 1 aromatic carbocycles. The molecule has 0 bridgehead atoms. The molecule has 1 aliphatic heterocycles. The van der Waals surface area contributed by atoms with Crippen LogP contribution in [0.2, 0.25) is 0 Å². The molecule has 0 radical (unpaired) electrons. The number of fused-ring (bicyclic) bond motifs is 1. The number of carbonyl (C=O) groups excluding carboxylic acids is 1. The molecule has 2 unspecified atom stereocenters. The van der Waals surface area contributed by atoms with Crippen molar-refractivity contribution in [1.29, 1.82) is 0 Å². The Balaban J connectivity index is 1.82. The summed E-state index contributed by atoms with van der Waals surface area (Å²) >= 11 is 0. The average Bonchev–Trinajstić information content (AvgIpc) is 2.88. The van der Waals surface area contributed by atoms with Gasteiger partial charge in [-0.25, -0.2) is 0 Å². The predicted molar refractivity (Wildman–Crippen MR) is 81.6 cm³/mol. The van der Waals surface area contributed by atoms with E-state index in [1.165, 1.54) is 28.9 Å². The van der Waals surface area contributed by atoms with Gasteiger partial charge < -0.3 is 4.90 Å². The first-order valence-corrected chi connectivity index (χ1v) is 9.15. The van der Waals surface area contributed by atoms with E-state index in [9.17, 15) is 17.1 Å². The lowest BCUT2D eigenvalue weighted by Gasteiger charge is -2.26. The van der Waals surface area contributed by atoms with Crippen molar-refractivity contribution in [2.45, 2.75) is 50.3 Å². The van der Waals surface area contributed by atoms with Gasteiger partial charge in [0.25, 0.3) is 0 Å². The number of nitrogens with zero attached hydrogens (tertiary/aromatic N) is 1. The highest BCUT2D eigenvalue weighted by Crippen LogP contribution is 2.31. The molecule has 3 rings (SSSR count). The maximum atomic E-state index is 13.1. The SMILES string of the molecule is CC(c1ccc2c(c1)CCCC2)N1CC(S(=O)(=O)F)CC1=O. The van der Waals surface area contributed by atoms with Crippen molar-refractivity contribution in [3.8, 4) is 0 Å². The van der Waals surface area contributed by atoms with Crippen LogP contribution in [0.1, 0.15) is 48.9 Å². The lowest BCUT2D eigenvalue weighted by Crippen LogP contribution is -2.30. The van der Waals surface area contributed by atoms with Gasteiger partial charge in [0, 0.05) is 13.0 Å².